The minimum atomic E-state index is -0.324. The smallest absolute Gasteiger partial charge is 0.173 e. The lowest BCUT2D eigenvalue weighted by molar-refractivity contribution is 0.293. The first-order valence-corrected chi connectivity index (χ1v) is 9.60. The van der Waals surface area contributed by atoms with Crippen molar-refractivity contribution in [2.45, 2.75) is 33.2 Å². The Balaban J connectivity index is 2.12. The number of methoxy groups -OCH3 is 1. The maximum atomic E-state index is 13.9. The third kappa shape index (κ3) is 6.10. The van der Waals surface area contributed by atoms with Crippen molar-refractivity contribution in [1.29, 1.82) is 0 Å². The summed E-state index contributed by atoms with van der Waals surface area (Å²) >= 11 is 5.52. The Morgan fingerprint density at radius 2 is 1.89 bits per heavy atom. The molecule has 0 heterocycles. The van der Waals surface area contributed by atoms with Crippen LogP contribution in [-0.4, -0.2) is 30.3 Å². The van der Waals surface area contributed by atoms with Crippen LogP contribution in [0.3, 0.4) is 0 Å². The fourth-order valence-electron chi connectivity index (χ4n) is 2.64. The van der Waals surface area contributed by atoms with E-state index in [-0.39, 0.29) is 5.82 Å². The molecule has 2 rings (SSSR count). The fraction of sp³-hybridized carbons (Fsp3) is 0.381. The van der Waals surface area contributed by atoms with E-state index in [1.54, 1.807) is 25.3 Å². The van der Waals surface area contributed by atoms with Gasteiger partial charge in [-0.3, -0.25) is 0 Å². The van der Waals surface area contributed by atoms with E-state index < -0.39 is 0 Å². The molecule has 2 aromatic carbocycles. The molecule has 0 aliphatic carbocycles. The van der Waals surface area contributed by atoms with E-state index in [0.717, 1.165) is 30.7 Å². The van der Waals surface area contributed by atoms with Crippen LogP contribution in [-0.2, 0) is 6.54 Å². The minimum absolute atomic E-state index is 0.324. The lowest BCUT2D eigenvalue weighted by Gasteiger charge is -2.26. The number of anilines is 1. The molecule has 146 valence electrons. The quantitative estimate of drug-likeness (QED) is 0.593. The van der Waals surface area contributed by atoms with Crippen molar-refractivity contribution in [2.24, 2.45) is 0 Å². The number of thiocarbonyl (C=S) groups is 1. The third-order valence-electron chi connectivity index (χ3n) is 3.96. The summed E-state index contributed by atoms with van der Waals surface area (Å²) in [5, 5.41) is 3.50. The minimum Gasteiger partial charge on any atom is -0.493 e. The number of para-hydroxylation sites is 1. The monoisotopic (exact) mass is 390 g/mol. The fourth-order valence-corrected chi connectivity index (χ4v) is 2.91. The third-order valence-corrected chi connectivity index (χ3v) is 4.32. The number of hydrogen-bond acceptors (Lipinski definition) is 3. The number of halogens is 1. The van der Waals surface area contributed by atoms with Crippen LogP contribution in [0.1, 0.15) is 32.3 Å². The van der Waals surface area contributed by atoms with Crippen LogP contribution >= 0.6 is 12.2 Å². The van der Waals surface area contributed by atoms with Crippen LogP contribution in [0.25, 0.3) is 0 Å². The number of rotatable bonds is 9. The Morgan fingerprint density at radius 3 is 2.56 bits per heavy atom. The Kier molecular flexibility index (Phi) is 8.33. The van der Waals surface area contributed by atoms with E-state index >= 15 is 0 Å². The maximum absolute atomic E-state index is 13.9. The molecule has 0 fully saturated rings. The van der Waals surface area contributed by atoms with Crippen molar-refractivity contribution in [2.75, 3.05) is 25.6 Å². The van der Waals surface area contributed by atoms with Crippen LogP contribution < -0.4 is 14.8 Å². The van der Waals surface area contributed by atoms with Crippen LogP contribution in [0.15, 0.2) is 42.5 Å². The van der Waals surface area contributed by atoms with E-state index in [2.05, 4.69) is 19.2 Å². The van der Waals surface area contributed by atoms with Crippen LogP contribution in [0.4, 0.5) is 10.1 Å². The van der Waals surface area contributed by atoms with Gasteiger partial charge in [-0.2, -0.15) is 0 Å². The summed E-state index contributed by atoms with van der Waals surface area (Å²) in [6.07, 6.45) is 1.86. The Hall–Kier alpha value is -2.34. The summed E-state index contributed by atoms with van der Waals surface area (Å²) in [5.41, 5.74) is 1.42. The van der Waals surface area contributed by atoms with Gasteiger partial charge in [0.15, 0.2) is 16.6 Å². The van der Waals surface area contributed by atoms with Crippen molar-refractivity contribution in [3.63, 3.8) is 0 Å². The Labute approximate surface area is 166 Å². The van der Waals surface area contributed by atoms with Gasteiger partial charge in [-0.05, 0) is 54.9 Å². The van der Waals surface area contributed by atoms with E-state index in [4.69, 9.17) is 21.7 Å². The van der Waals surface area contributed by atoms with Crippen LogP contribution in [0.5, 0.6) is 11.5 Å². The van der Waals surface area contributed by atoms with Gasteiger partial charge >= 0.3 is 0 Å². The molecular weight excluding hydrogens is 363 g/mol. The zero-order valence-corrected chi connectivity index (χ0v) is 16.9. The molecule has 0 atom stereocenters. The van der Waals surface area contributed by atoms with Crippen LogP contribution in [0.2, 0.25) is 0 Å². The molecule has 27 heavy (non-hydrogen) atoms. The molecule has 0 saturated heterocycles. The molecule has 0 unspecified atom stereocenters. The molecule has 0 saturated carbocycles. The summed E-state index contributed by atoms with van der Waals surface area (Å²) in [5.74, 6) is 1.11. The average Bonchev–Trinajstić information content (AvgIpc) is 2.68. The highest BCUT2D eigenvalue weighted by molar-refractivity contribution is 7.80. The SMILES string of the molecule is CCCOc1ccc(CN(CCC)C(=S)Nc2ccccc2F)cc1OC. The average molecular weight is 391 g/mol. The van der Waals surface area contributed by atoms with E-state index in [1.807, 2.05) is 23.1 Å². The van der Waals surface area contributed by atoms with E-state index in [0.29, 0.717) is 29.7 Å². The van der Waals surface area contributed by atoms with Crippen molar-refractivity contribution in [3.05, 3.63) is 53.8 Å². The molecule has 0 aromatic heterocycles. The van der Waals surface area contributed by atoms with Gasteiger partial charge in [0, 0.05) is 13.1 Å². The van der Waals surface area contributed by atoms with Crippen molar-refractivity contribution in [1.82, 2.24) is 4.90 Å². The standard InChI is InChI=1S/C21H27FN2O2S/c1-4-12-24(21(27)23-18-9-7-6-8-17(18)22)15-16-10-11-19(26-13-5-2)20(14-16)25-3/h6-11,14H,4-5,12-13,15H2,1-3H3,(H,23,27). The van der Waals surface area contributed by atoms with Crippen molar-refractivity contribution < 1.29 is 13.9 Å². The summed E-state index contributed by atoms with van der Waals surface area (Å²) in [7, 11) is 1.63. The second kappa shape index (κ2) is 10.7. The Bertz CT molecular complexity index is 755. The molecular formula is C21H27FN2O2S. The number of ether oxygens (including phenoxy) is 2. The molecule has 0 amide bonds. The first kappa shape index (κ1) is 21.0. The highest BCUT2D eigenvalue weighted by Crippen LogP contribution is 2.29. The first-order chi connectivity index (χ1) is 13.1. The summed E-state index contributed by atoms with van der Waals surface area (Å²) in [6, 6.07) is 12.4. The summed E-state index contributed by atoms with van der Waals surface area (Å²) in [4.78, 5) is 2.02. The van der Waals surface area contributed by atoms with Gasteiger partial charge in [0.25, 0.3) is 0 Å². The molecule has 0 aliphatic rings. The predicted octanol–water partition coefficient (Wildman–Crippen LogP) is 5.23. The first-order valence-electron chi connectivity index (χ1n) is 9.19. The van der Waals surface area contributed by atoms with Gasteiger partial charge in [-0.1, -0.05) is 32.0 Å². The second-order valence-corrected chi connectivity index (χ2v) is 6.55. The van der Waals surface area contributed by atoms with Gasteiger partial charge in [0.2, 0.25) is 0 Å². The van der Waals surface area contributed by atoms with Crippen molar-refractivity contribution >= 4 is 23.0 Å². The molecule has 0 aliphatic heterocycles. The van der Waals surface area contributed by atoms with E-state index in [9.17, 15) is 4.39 Å². The maximum Gasteiger partial charge on any atom is 0.173 e. The predicted molar refractivity (Wildman–Crippen MR) is 112 cm³/mol. The van der Waals surface area contributed by atoms with Gasteiger partial charge in [-0.15, -0.1) is 0 Å². The summed E-state index contributed by atoms with van der Waals surface area (Å²) < 4.78 is 25.1. The molecule has 0 radical (unpaired) electrons. The van der Waals surface area contributed by atoms with Gasteiger partial charge < -0.3 is 19.7 Å². The number of nitrogens with zero attached hydrogens (tertiary/aromatic N) is 1. The highest BCUT2D eigenvalue weighted by atomic mass is 32.1. The molecule has 0 spiro atoms. The molecule has 6 heteroatoms. The number of nitrogens with one attached hydrogen (secondary N) is 1. The summed E-state index contributed by atoms with van der Waals surface area (Å²) in [6.45, 7) is 6.15. The van der Waals surface area contributed by atoms with Crippen LogP contribution in [0, 0.1) is 5.82 Å². The van der Waals surface area contributed by atoms with Gasteiger partial charge in [0.1, 0.15) is 5.82 Å². The lowest BCUT2D eigenvalue weighted by Crippen LogP contribution is -2.35. The molecule has 1 N–H and O–H groups in total. The molecule has 0 bridgehead atoms. The van der Waals surface area contributed by atoms with Crippen molar-refractivity contribution in [3.8, 4) is 11.5 Å². The zero-order chi connectivity index (χ0) is 19.6. The normalized spacial score (nSPS) is 10.4. The molecule has 4 nitrogen and oxygen atoms in total. The number of benzene rings is 2. The largest absolute Gasteiger partial charge is 0.493 e. The number of hydrogen-bond donors (Lipinski definition) is 1. The zero-order valence-electron chi connectivity index (χ0n) is 16.1. The second-order valence-electron chi connectivity index (χ2n) is 6.17. The Morgan fingerprint density at radius 1 is 1.11 bits per heavy atom. The molecule has 2 aromatic rings. The highest BCUT2D eigenvalue weighted by Gasteiger charge is 2.13. The van der Waals surface area contributed by atoms with Gasteiger partial charge in [0.05, 0.1) is 19.4 Å². The van der Waals surface area contributed by atoms with E-state index in [1.165, 1.54) is 6.07 Å². The lowest BCUT2D eigenvalue weighted by atomic mass is 10.2. The van der Waals surface area contributed by atoms with Gasteiger partial charge in [-0.25, -0.2) is 4.39 Å². The topological polar surface area (TPSA) is 33.7 Å².